The molecule has 1 fully saturated rings. The van der Waals surface area contributed by atoms with Crippen molar-refractivity contribution in [2.24, 2.45) is 17.3 Å². The van der Waals surface area contributed by atoms with Crippen LogP contribution in [-0.2, 0) is 4.79 Å². The second-order valence-corrected chi connectivity index (χ2v) is 6.42. The highest BCUT2D eigenvalue weighted by Crippen LogP contribution is 2.29. The molecule has 17 heavy (non-hydrogen) atoms. The zero-order chi connectivity index (χ0) is 13.1. The first-order chi connectivity index (χ1) is 7.86. The number of aliphatic hydroxyl groups is 1. The molecule has 1 saturated heterocycles. The van der Waals surface area contributed by atoms with Crippen LogP contribution in [0.15, 0.2) is 0 Å². The Labute approximate surface area is 105 Å². The molecule has 0 aromatic heterocycles. The van der Waals surface area contributed by atoms with Gasteiger partial charge in [0.25, 0.3) is 0 Å². The van der Waals surface area contributed by atoms with Crippen LogP contribution in [0.1, 0.15) is 47.0 Å². The summed E-state index contributed by atoms with van der Waals surface area (Å²) in [5.41, 5.74) is -0.272. The maximum Gasteiger partial charge on any atom is 0.228 e. The first kappa shape index (κ1) is 14.5. The summed E-state index contributed by atoms with van der Waals surface area (Å²) in [4.78, 5) is 14.4. The number of hydrogen-bond acceptors (Lipinski definition) is 2. The Kier molecular flexibility index (Phi) is 4.99. The SMILES string of the molecule is CC(C)CC(C)(C)C(=O)N1CCCC(CO)C1. The van der Waals surface area contributed by atoms with Gasteiger partial charge in [-0.25, -0.2) is 0 Å². The molecule has 0 bridgehead atoms. The van der Waals surface area contributed by atoms with E-state index in [1.807, 2.05) is 18.7 Å². The Morgan fingerprint density at radius 1 is 1.47 bits per heavy atom. The van der Waals surface area contributed by atoms with Crippen LogP contribution in [-0.4, -0.2) is 35.6 Å². The molecule has 1 heterocycles. The van der Waals surface area contributed by atoms with Gasteiger partial charge in [0, 0.05) is 25.1 Å². The average Bonchev–Trinajstić information content (AvgIpc) is 2.26. The summed E-state index contributed by atoms with van der Waals surface area (Å²) in [6.45, 7) is 10.2. The summed E-state index contributed by atoms with van der Waals surface area (Å²) in [6, 6.07) is 0. The Hall–Kier alpha value is -0.570. The minimum Gasteiger partial charge on any atom is -0.396 e. The van der Waals surface area contributed by atoms with Crippen LogP contribution in [0, 0.1) is 17.3 Å². The molecular weight excluding hydrogens is 214 g/mol. The van der Waals surface area contributed by atoms with Gasteiger partial charge in [0.1, 0.15) is 0 Å². The molecule has 1 unspecified atom stereocenters. The van der Waals surface area contributed by atoms with Gasteiger partial charge in [-0.2, -0.15) is 0 Å². The van der Waals surface area contributed by atoms with E-state index in [4.69, 9.17) is 0 Å². The third kappa shape index (κ3) is 3.98. The number of rotatable bonds is 4. The van der Waals surface area contributed by atoms with Crippen molar-refractivity contribution in [1.29, 1.82) is 0 Å². The largest absolute Gasteiger partial charge is 0.396 e. The summed E-state index contributed by atoms with van der Waals surface area (Å²) in [5, 5.41) is 9.20. The second-order valence-electron chi connectivity index (χ2n) is 6.42. The molecular formula is C14H27NO2. The van der Waals surface area contributed by atoms with Gasteiger partial charge < -0.3 is 10.0 Å². The smallest absolute Gasteiger partial charge is 0.228 e. The van der Waals surface area contributed by atoms with E-state index >= 15 is 0 Å². The Bertz CT molecular complexity index is 261. The number of carbonyl (C=O) groups excluding carboxylic acids is 1. The Balaban J connectivity index is 2.62. The molecule has 3 heteroatoms. The van der Waals surface area contributed by atoms with Crippen molar-refractivity contribution in [3.63, 3.8) is 0 Å². The molecule has 100 valence electrons. The fourth-order valence-corrected chi connectivity index (χ4v) is 2.93. The number of piperidine rings is 1. The minimum absolute atomic E-state index is 0.203. The third-order valence-corrected chi connectivity index (χ3v) is 3.56. The van der Waals surface area contributed by atoms with E-state index < -0.39 is 0 Å². The number of carbonyl (C=O) groups is 1. The van der Waals surface area contributed by atoms with Crippen molar-refractivity contribution >= 4 is 5.91 Å². The van der Waals surface area contributed by atoms with Crippen LogP contribution >= 0.6 is 0 Å². The standard InChI is InChI=1S/C14H27NO2/c1-11(2)8-14(3,4)13(17)15-7-5-6-12(9-15)10-16/h11-12,16H,5-10H2,1-4H3. The topological polar surface area (TPSA) is 40.5 Å². The maximum atomic E-state index is 12.5. The molecule has 1 aliphatic rings. The van der Waals surface area contributed by atoms with Crippen molar-refractivity contribution in [2.45, 2.75) is 47.0 Å². The van der Waals surface area contributed by atoms with Gasteiger partial charge in [-0.05, 0) is 31.1 Å². The monoisotopic (exact) mass is 241 g/mol. The lowest BCUT2D eigenvalue weighted by Crippen LogP contribution is -2.47. The normalized spacial score (nSPS) is 22.0. The first-order valence-corrected chi connectivity index (χ1v) is 6.77. The van der Waals surface area contributed by atoms with Crippen molar-refractivity contribution in [3.8, 4) is 0 Å². The molecule has 0 spiro atoms. The molecule has 1 N–H and O–H groups in total. The van der Waals surface area contributed by atoms with Crippen LogP contribution in [0.5, 0.6) is 0 Å². The van der Waals surface area contributed by atoms with E-state index in [2.05, 4.69) is 13.8 Å². The summed E-state index contributed by atoms with van der Waals surface area (Å²) in [5.74, 6) is 1.07. The van der Waals surface area contributed by atoms with E-state index in [-0.39, 0.29) is 23.8 Å². The molecule has 0 saturated carbocycles. The third-order valence-electron chi connectivity index (χ3n) is 3.56. The summed E-state index contributed by atoms with van der Waals surface area (Å²) >= 11 is 0. The number of hydrogen-bond donors (Lipinski definition) is 1. The molecule has 0 aliphatic carbocycles. The fourth-order valence-electron chi connectivity index (χ4n) is 2.93. The minimum atomic E-state index is -0.272. The zero-order valence-corrected chi connectivity index (χ0v) is 11.7. The van der Waals surface area contributed by atoms with Crippen molar-refractivity contribution in [3.05, 3.63) is 0 Å². The lowest BCUT2D eigenvalue weighted by atomic mass is 9.82. The highest BCUT2D eigenvalue weighted by Gasteiger charge is 2.34. The second kappa shape index (κ2) is 5.85. The number of amides is 1. The van der Waals surface area contributed by atoms with Gasteiger partial charge in [0.2, 0.25) is 5.91 Å². The van der Waals surface area contributed by atoms with Crippen LogP contribution in [0.4, 0.5) is 0 Å². The molecule has 3 nitrogen and oxygen atoms in total. The number of aliphatic hydroxyl groups excluding tert-OH is 1. The molecule has 1 aliphatic heterocycles. The predicted molar refractivity (Wildman–Crippen MR) is 69.6 cm³/mol. The number of nitrogens with zero attached hydrogens (tertiary/aromatic N) is 1. The number of likely N-dealkylation sites (tertiary alicyclic amines) is 1. The lowest BCUT2D eigenvalue weighted by molar-refractivity contribution is -0.143. The van der Waals surface area contributed by atoms with Crippen LogP contribution in [0.3, 0.4) is 0 Å². The average molecular weight is 241 g/mol. The van der Waals surface area contributed by atoms with Crippen molar-refractivity contribution < 1.29 is 9.90 Å². The van der Waals surface area contributed by atoms with E-state index in [0.717, 1.165) is 32.4 Å². The van der Waals surface area contributed by atoms with Gasteiger partial charge in [0.15, 0.2) is 0 Å². The molecule has 1 amide bonds. The Morgan fingerprint density at radius 3 is 2.65 bits per heavy atom. The molecule has 0 aromatic carbocycles. The Morgan fingerprint density at radius 2 is 2.12 bits per heavy atom. The molecule has 0 aromatic rings. The molecule has 0 radical (unpaired) electrons. The van der Waals surface area contributed by atoms with Crippen LogP contribution < -0.4 is 0 Å². The summed E-state index contributed by atoms with van der Waals surface area (Å²) in [6.07, 6.45) is 2.99. The highest BCUT2D eigenvalue weighted by atomic mass is 16.3. The maximum absolute atomic E-state index is 12.5. The predicted octanol–water partition coefficient (Wildman–Crippen LogP) is 2.29. The van der Waals surface area contributed by atoms with Gasteiger partial charge in [-0.3, -0.25) is 4.79 Å². The van der Waals surface area contributed by atoms with E-state index in [0.29, 0.717) is 5.92 Å². The fraction of sp³-hybridized carbons (Fsp3) is 0.929. The van der Waals surface area contributed by atoms with Gasteiger partial charge in [-0.1, -0.05) is 27.7 Å². The first-order valence-electron chi connectivity index (χ1n) is 6.77. The zero-order valence-electron chi connectivity index (χ0n) is 11.7. The lowest BCUT2D eigenvalue weighted by Gasteiger charge is -2.37. The van der Waals surface area contributed by atoms with Gasteiger partial charge >= 0.3 is 0 Å². The van der Waals surface area contributed by atoms with Crippen molar-refractivity contribution in [1.82, 2.24) is 4.90 Å². The van der Waals surface area contributed by atoms with E-state index in [9.17, 15) is 9.90 Å². The summed E-state index contributed by atoms with van der Waals surface area (Å²) < 4.78 is 0. The highest BCUT2D eigenvalue weighted by molar-refractivity contribution is 5.82. The van der Waals surface area contributed by atoms with Gasteiger partial charge in [-0.15, -0.1) is 0 Å². The van der Waals surface area contributed by atoms with E-state index in [1.54, 1.807) is 0 Å². The quantitative estimate of drug-likeness (QED) is 0.820. The molecule has 1 rings (SSSR count). The van der Waals surface area contributed by atoms with Gasteiger partial charge in [0.05, 0.1) is 0 Å². The van der Waals surface area contributed by atoms with E-state index in [1.165, 1.54) is 0 Å². The molecule has 1 atom stereocenters. The van der Waals surface area contributed by atoms with Crippen LogP contribution in [0.2, 0.25) is 0 Å². The van der Waals surface area contributed by atoms with Crippen LogP contribution in [0.25, 0.3) is 0 Å². The van der Waals surface area contributed by atoms with Crippen molar-refractivity contribution in [2.75, 3.05) is 19.7 Å². The summed E-state index contributed by atoms with van der Waals surface area (Å²) in [7, 11) is 0.